The van der Waals surface area contributed by atoms with E-state index in [1.165, 1.54) is 12.0 Å². The molecule has 0 aliphatic carbocycles. The van der Waals surface area contributed by atoms with Crippen LogP contribution in [0.2, 0.25) is 0 Å². The van der Waals surface area contributed by atoms with Gasteiger partial charge in [0.05, 0.1) is 6.54 Å². The minimum absolute atomic E-state index is 0.132. The van der Waals surface area contributed by atoms with E-state index in [-0.39, 0.29) is 6.03 Å². The number of carbonyl (C=O) groups is 1. The number of rotatable bonds is 8. The monoisotopic (exact) mass is 341 g/mol. The molecule has 0 saturated carbocycles. The third kappa shape index (κ3) is 5.60. The molecule has 0 bridgehead atoms. The predicted molar refractivity (Wildman–Crippen MR) is 98.3 cm³/mol. The number of benzene rings is 1. The van der Waals surface area contributed by atoms with E-state index < -0.39 is 0 Å². The number of nitrogens with zero attached hydrogens (tertiary/aromatic N) is 2. The summed E-state index contributed by atoms with van der Waals surface area (Å²) in [5.74, 6) is 0.891. The summed E-state index contributed by atoms with van der Waals surface area (Å²) in [6.07, 6.45) is 8.18. The Bertz CT molecular complexity index is 649. The second-order valence-corrected chi connectivity index (χ2v) is 6.48. The molecule has 134 valence electrons. The van der Waals surface area contributed by atoms with Crippen LogP contribution in [0.4, 0.5) is 4.79 Å². The van der Waals surface area contributed by atoms with Crippen LogP contribution in [0, 0.1) is 0 Å². The lowest BCUT2D eigenvalue weighted by atomic mass is 10.1. The largest absolute Gasteiger partial charge is 0.337 e. The molecule has 2 heterocycles. The minimum Gasteiger partial charge on any atom is -0.337 e. The first-order valence-electron chi connectivity index (χ1n) is 9.10. The van der Waals surface area contributed by atoms with Gasteiger partial charge in [-0.1, -0.05) is 30.3 Å². The molecule has 3 N–H and O–H groups in total. The van der Waals surface area contributed by atoms with Gasteiger partial charge in [0.1, 0.15) is 5.82 Å². The summed E-state index contributed by atoms with van der Waals surface area (Å²) >= 11 is 0. The Kier molecular flexibility index (Phi) is 6.45. The van der Waals surface area contributed by atoms with Crippen LogP contribution in [0.3, 0.4) is 0 Å². The first-order chi connectivity index (χ1) is 12.3. The molecule has 1 aromatic carbocycles. The number of carbonyl (C=O) groups excluding carboxylic acids is 1. The van der Waals surface area contributed by atoms with Crippen LogP contribution >= 0.6 is 0 Å². The quantitative estimate of drug-likeness (QED) is 0.688. The summed E-state index contributed by atoms with van der Waals surface area (Å²) in [4.78, 5) is 16.3. The molecule has 6 heteroatoms. The standard InChI is InChI=1S/C19H27N5O/c25-19(22-14-17-9-4-10-20-17)23-15-18-21-11-13-24(18)12-5-8-16-6-2-1-3-7-16/h1-3,6-7,11,13,17,20H,4-5,8-10,12,14-15H2,(H2,22,23,25). The van der Waals surface area contributed by atoms with E-state index in [1.54, 1.807) is 6.20 Å². The highest BCUT2D eigenvalue weighted by Crippen LogP contribution is 2.06. The fraction of sp³-hybridized carbons (Fsp3) is 0.474. The van der Waals surface area contributed by atoms with Crippen LogP contribution in [0.1, 0.15) is 30.7 Å². The van der Waals surface area contributed by atoms with Gasteiger partial charge in [0, 0.05) is 31.5 Å². The molecule has 25 heavy (non-hydrogen) atoms. The number of nitrogens with one attached hydrogen (secondary N) is 3. The Balaban J connectivity index is 1.38. The summed E-state index contributed by atoms with van der Waals surface area (Å²) in [5.41, 5.74) is 1.35. The van der Waals surface area contributed by atoms with Crippen molar-refractivity contribution in [3.05, 3.63) is 54.1 Å². The van der Waals surface area contributed by atoms with Crippen molar-refractivity contribution >= 4 is 6.03 Å². The number of imidazole rings is 1. The van der Waals surface area contributed by atoms with Crippen molar-refractivity contribution in [2.24, 2.45) is 0 Å². The molecule has 1 aliphatic rings. The van der Waals surface area contributed by atoms with Crippen LogP contribution in [-0.4, -0.2) is 34.7 Å². The third-order valence-electron chi connectivity index (χ3n) is 4.59. The van der Waals surface area contributed by atoms with E-state index in [0.717, 1.165) is 38.2 Å². The Labute approximate surface area is 149 Å². The minimum atomic E-state index is -0.132. The Hall–Kier alpha value is -2.34. The van der Waals surface area contributed by atoms with Gasteiger partial charge in [0.2, 0.25) is 0 Å². The first-order valence-corrected chi connectivity index (χ1v) is 9.10. The van der Waals surface area contributed by atoms with Gasteiger partial charge in [-0.2, -0.15) is 0 Å². The molecular weight excluding hydrogens is 314 g/mol. The molecule has 0 spiro atoms. The average molecular weight is 341 g/mol. The maximum Gasteiger partial charge on any atom is 0.315 e. The van der Waals surface area contributed by atoms with Crippen LogP contribution in [0.25, 0.3) is 0 Å². The maximum atomic E-state index is 11.9. The van der Waals surface area contributed by atoms with Gasteiger partial charge in [0.25, 0.3) is 0 Å². The molecule has 0 radical (unpaired) electrons. The topological polar surface area (TPSA) is 71.0 Å². The molecule has 2 amide bonds. The second kappa shape index (κ2) is 9.22. The van der Waals surface area contributed by atoms with Crippen LogP contribution in [0.5, 0.6) is 0 Å². The Morgan fingerprint density at radius 1 is 1.28 bits per heavy atom. The fourth-order valence-corrected chi connectivity index (χ4v) is 3.18. The summed E-state index contributed by atoms with van der Waals surface area (Å²) in [5, 5.41) is 9.19. The van der Waals surface area contributed by atoms with Crippen molar-refractivity contribution in [1.29, 1.82) is 0 Å². The zero-order chi connectivity index (χ0) is 17.3. The highest BCUT2D eigenvalue weighted by atomic mass is 16.2. The molecule has 1 fully saturated rings. The third-order valence-corrected chi connectivity index (χ3v) is 4.59. The van der Waals surface area contributed by atoms with E-state index in [4.69, 9.17) is 0 Å². The smallest absolute Gasteiger partial charge is 0.315 e. The fourth-order valence-electron chi connectivity index (χ4n) is 3.18. The number of hydrogen-bond acceptors (Lipinski definition) is 3. The Morgan fingerprint density at radius 3 is 2.96 bits per heavy atom. The van der Waals surface area contributed by atoms with Crippen molar-refractivity contribution in [3.63, 3.8) is 0 Å². The Morgan fingerprint density at radius 2 is 2.16 bits per heavy atom. The van der Waals surface area contributed by atoms with Gasteiger partial charge in [-0.3, -0.25) is 0 Å². The van der Waals surface area contributed by atoms with Crippen molar-refractivity contribution in [3.8, 4) is 0 Å². The zero-order valence-electron chi connectivity index (χ0n) is 14.6. The molecule has 1 aliphatic heterocycles. The van der Waals surface area contributed by atoms with Gasteiger partial charge in [-0.15, -0.1) is 0 Å². The van der Waals surface area contributed by atoms with Gasteiger partial charge in [0.15, 0.2) is 0 Å². The van der Waals surface area contributed by atoms with E-state index in [0.29, 0.717) is 19.1 Å². The van der Waals surface area contributed by atoms with Crippen molar-refractivity contribution in [1.82, 2.24) is 25.5 Å². The van der Waals surface area contributed by atoms with E-state index in [1.807, 2.05) is 12.3 Å². The lowest BCUT2D eigenvalue weighted by molar-refractivity contribution is 0.239. The molecule has 1 aromatic heterocycles. The van der Waals surface area contributed by atoms with E-state index in [9.17, 15) is 4.79 Å². The van der Waals surface area contributed by atoms with Crippen LogP contribution in [0.15, 0.2) is 42.7 Å². The highest BCUT2D eigenvalue weighted by Gasteiger charge is 2.14. The second-order valence-electron chi connectivity index (χ2n) is 6.48. The molecule has 1 saturated heterocycles. The van der Waals surface area contributed by atoms with Crippen molar-refractivity contribution in [2.45, 2.75) is 44.8 Å². The van der Waals surface area contributed by atoms with Gasteiger partial charge >= 0.3 is 6.03 Å². The first kappa shape index (κ1) is 17.5. The van der Waals surface area contributed by atoms with Crippen molar-refractivity contribution < 1.29 is 4.79 Å². The zero-order valence-corrected chi connectivity index (χ0v) is 14.6. The number of amides is 2. The van der Waals surface area contributed by atoms with Gasteiger partial charge < -0.3 is 20.5 Å². The predicted octanol–water partition coefficient (Wildman–Crippen LogP) is 2.07. The molecule has 3 rings (SSSR count). The molecule has 6 nitrogen and oxygen atoms in total. The molecule has 1 unspecified atom stereocenters. The summed E-state index contributed by atoms with van der Waals surface area (Å²) in [6, 6.07) is 10.8. The van der Waals surface area contributed by atoms with E-state index in [2.05, 4.69) is 49.8 Å². The highest BCUT2D eigenvalue weighted by molar-refractivity contribution is 5.73. The molecule has 2 aromatic rings. The summed E-state index contributed by atoms with van der Waals surface area (Å²) in [7, 11) is 0. The SMILES string of the molecule is O=C(NCc1nccn1CCCc1ccccc1)NCC1CCCN1. The van der Waals surface area contributed by atoms with Crippen molar-refractivity contribution in [2.75, 3.05) is 13.1 Å². The summed E-state index contributed by atoms with van der Waals surface area (Å²) < 4.78 is 2.11. The number of aromatic nitrogens is 2. The van der Waals surface area contributed by atoms with Crippen LogP contribution < -0.4 is 16.0 Å². The van der Waals surface area contributed by atoms with Crippen LogP contribution in [-0.2, 0) is 19.5 Å². The molecule has 1 atom stereocenters. The number of urea groups is 1. The normalized spacial score (nSPS) is 16.7. The van der Waals surface area contributed by atoms with Gasteiger partial charge in [-0.25, -0.2) is 9.78 Å². The van der Waals surface area contributed by atoms with Gasteiger partial charge in [-0.05, 0) is 37.8 Å². The summed E-state index contributed by atoms with van der Waals surface area (Å²) in [6.45, 7) is 3.08. The number of hydrogen-bond donors (Lipinski definition) is 3. The number of aryl methyl sites for hydroxylation is 2. The maximum absolute atomic E-state index is 11.9. The van der Waals surface area contributed by atoms with E-state index >= 15 is 0 Å². The lowest BCUT2D eigenvalue weighted by Gasteiger charge is -2.13. The average Bonchev–Trinajstić information content (AvgIpc) is 3.31. The molecular formula is C19H27N5O. The lowest BCUT2D eigenvalue weighted by Crippen LogP contribution is -2.42.